The van der Waals surface area contributed by atoms with Crippen molar-refractivity contribution < 1.29 is 33.2 Å². The molecular formula is C26H34O7. The van der Waals surface area contributed by atoms with Gasteiger partial charge in [0.1, 0.15) is 18.3 Å². The lowest BCUT2D eigenvalue weighted by molar-refractivity contribution is -0.382. The predicted octanol–water partition coefficient (Wildman–Crippen LogP) is 3.56. The fourth-order valence-electron chi connectivity index (χ4n) is 5.16. The third-order valence-corrected chi connectivity index (χ3v) is 6.65. The summed E-state index contributed by atoms with van der Waals surface area (Å²) in [4.78, 5) is 12.1. The van der Waals surface area contributed by atoms with Crippen LogP contribution in [0.5, 0.6) is 0 Å². The molecular weight excluding hydrogens is 424 g/mol. The quantitative estimate of drug-likeness (QED) is 0.414. The molecule has 2 radical (unpaired) electrons. The molecule has 1 aromatic carbocycles. The van der Waals surface area contributed by atoms with E-state index in [2.05, 4.69) is 13.5 Å². The molecule has 33 heavy (non-hydrogen) atoms. The molecule has 3 fully saturated rings. The molecule has 0 amide bonds. The van der Waals surface area contributed by atoms with Crippen LogP contribution < -0.4 is 0 Å². The van der Waals surface area contributed by atoms with Gasteiger partial charge in [-0.1, -0.05) is 36.4 Å². The molecule has 3 heterocycles. The molecule has 3 aliphatic rings. The van der Waals surface area contributed by atoms with E-state index in [4.69, 9.17) is 28.4 Å². The van der Waals surface area contributed by atoms with Gasteiger partial charge in [-0.2, -0.15) is 0 Å². The highest BCUT2D eigenvalue weighted by Crippen LogP contribution is 2.47. The minimum atomic E-state index is -1.06. The number of hydrogen-bond acceptors (Lipinski definition) is 7. The average Bonchev–Trinajstić information content (AvgIpc) is 3.15. The lowest BCUT2D eigenvalue weighted by Gasteiger charge is -2.53. The number of methoxy groups -OCH3 is 1. The molecule has 7 nitrogen and oxygen atoms in total. The Morgan fingerprint density at radius 1 is 1.18 bits per heavy atom. The zero-order valence-electron chi connectivity index (χ0n) is 19.4. The van der Waals surface area contributed by atoms with Crippen LogP contribution >= 0.6 is 0 Å². The predicted molar refractivity (Wildman–Crippen MR) is 121 cm³/mol. The van der Waals surface area contributed by atoms with E-state index in [1.807, 2.05) is 36.4 Å². The van der Waals surface area contributed by atoms with E-state index in [0.717, 1.165) is 12.0 Å². The zero-order chi connectivity index (χ0) is 23.4. The minimum Gasteiger partial charge on any atom is -0.457 e. The Morgan fingerprint density at radius 2 is 1.97 bits per heavy atom. The van der Waals surface area contributed by atoms with Crippen molar-refractivity contribution in [3.8, 4) is 0 Å². The number of hydrogen-bond donors (Lipinski definition) is 0. The first-order valence-corrected chi connectivity index (χ1v) is 11.6. The highest BCUT2D eigenvalue weighted by atomic mass is 16.8. The van der Waals surface area contributed by atoms with Crippen LogP contribution in [0.1, 0.15) is 38.2 Å². The smallest absolute Gasteiger partial charge is 0.303 e. The van der Waals surface area contributed by atoms with Crippen LogP contribution in [0.25, 0.3) is 0 Å². The van der Waals surface area contributed by atoms with E-state index in [9.17, 15) is 4.79 Å². The molecule has 2 unspecified atom stereocenters. The summed E-state index contributed by atoms with van der Waals surface area (Å²) in [5.74, 6) is -1.46. The maximum absolute atomic E-state index is 12.1. The Balaban J connectivity index is 1.62. The fraction of sp³-hybridized carbons (Fsp3) is 0.577. The maximum Gasteiger partial charge on any atom is 0.303 e. The Morgan fingerprint density at radius 3 is 2.64 bits per heavy atom. The molecule has 7 heteroatoms. The highest BCUT2D eigenvalue weighted by molar-refractivity contribution is 5.66. The van der Waals surface area contributed by atoms with Crippen molar-refractivity contribution in [1.29, 1.82) is 0 Å². The summed E-state index contributed by atoms with van der Waals surface area (Å²) >= 11 is 0. The monoisotopic (exact) mass is 458 g/mol. The first-order chi connectivity index (χ1) is 16.0. The topological polar surface area (TPSA) is 72.5 Å². The van der Waals surface area contributed by atoms with Gasteiger partial charge in [0.15, 0.2) is 18.0 Å². The third kappa shape index (κ3) is 5.03. The number of rotatable bonds is 9. The third-order valence-electron chi connectivity index (χ3n) is 6.65. The minimum absolute atomic E-state index is 0.0514. The molecule has 4 rings (SSSR count). The number of carbonyl (C=O) groups excluding carboxylic acids is 1. The Bertz CT molecular complexity index is 799. The van der Waals surface area contributed by atoms with Crippen molar-refractivity contribution in [2.45, 2.75) is 87.7 Å². The first kappa shape index (κ1) is 24.4. The van der Waals surface area contributed by atoms with Crippen molar-refractivity contribution in [2.24, 2.45) is 0 Å². The summed E-state index contributed by atoms with van der Waals surface area (Å²) in [6.45, 7) is 9.50. The van der Waals surface area contributed by atoms with Crippen molar-refractivity contribution in [3.05, 3.63) is 61.9 Å². The second kappa shape index (κ2) is 10.7. The molecule has 0 aliphatic carbocycles. The standard InChI is InChI=1S/C26H34O7/c1-5-10-19-14-15-26(28-4)25(31-19)24(30-17(3)27)22-23(33-26)21(20(32-22)11-6-2)29-16-18-12-8-7-9-13-18/h5-9,12-13,19-25H,1-2,10-11,14-16H2,3-4H3/t19?,20-,21+,22-,23+,24+,25-,26?/m1/s1. The lowest BCUT2D eigenvalue weighted by Crippen LogP contribution is -2.69. The Hall–Kier alpha value is -1.77. The van der Waals surface area contributed by atoms with Crippen molar-refractivity contribution in [3.63, 3.8) is 0 Å². The van der Waals surface area contributed by atoms with Gasteiger partial charge in [-0.15, -0.1) is 6.58 Å². The summed E-state index contributed by atoms with van der Waals surface area (Å²) < 4.78 is 37.5. The molecule has 0 spiro atoms. The first-order valence-electron chi connectivity index (χ1n) is 11.6. The Labute approximate surface area is 196 Å². The van der Waals surface area contributed by atoms with Gasteiger partial charge < -0.3 is 28.4 Å². The SMILES string of the molecule is [CH2][CH]C[C@H]1O[C@@H]2[C@@H](OC3(OC)CCC(CC=C)O[C@@H]3[C@H]2OC(C)=O)[C@H]1OCc1ccccc1. The van der Waals surface area contributed by atoms with Crippen molar-refractivity contribution >= 4 is 5.97 Å². The lowest BCUT2D eigenvalue weighted by atomic mass is 9.84. The second-order valence-corrected chi connectivity index (χ2v) is 8.84. The molecule has 0 bridgehead atoms. The molecule has 0 aromatic heterocycles. The summed E-state index contributed by atoms with van der Waals surface area (Å²) in [5, 5.41) is 0. The van der Waals surface area contributed by atoms with Crippen molar-refractivity contribution in [1.82, 2.24) is 0 Å². The van der Waals surface area contributed by atoms with Crippen LogP contribution in [0.3, 0.4) is 0 Å². The summed E-state index contributed by atoms with van der Waals surface area (Å²) in [7, 11) is 1.60. The zero-order valence-corrected chi connectivity index (χ0v) is 19.4. The van der Waals surface area contributed by atoms with Gasteiger partial charge in [-0.25, -0.2) is 0 Å². The molecule has 180 valence electrons. The summed E-state index contributed by atoms with van der Waals surface area (Å²) in [6, 6.07) is 9.95. The van der Waals surface area contributed by atoms with Gasteiger partial charge in [0, 0.05) is 20.5 Å². The molecule has 0 saturated carbocycles. The van der Waals surface area contributed by atoms with E-state index in [1.165, 1.54) is 6.92 Å². The maximum atomic E-state index is 12.1. The average molecular weight is 459 g/mol. The van der Waals surface area contributed by atoms with Gasteiger partial charge in [0.25, 0.3) is 0 Å². The van der Waals surface area contributed by atoms with Gasteiger partial charge in [0.2, 0.25) is 0 Å². The van der Waals surface area contributed by atoms with E-state index in [1.54, 1.807) is 13.5 Å². The summed E-state index contributed by atoms with van der Waals surface area (Å²) in [6.07, 6.45) is 3.18. The van der Waals surface area contributed by atoms with E-state index < -0.39 is 36.2 Å². The number of benzene rings is 1. The summed E-state index contributed by atoms with van der Waals surface area (Å²) in [5.41, 5.74) is 1.05. The molecule has 3 saturated heterocycles. The molecule has 3 aliphatic heterocycles. The second-order valence-electron chi connectivity index (χ2n) is 8.84. The van der Waals surface area contributed by atoms with Gasteiger partial charge in [0.05, 0.1) is 18.8 Å². The molecule has 1 aromatic rings. The number of fused-ring (bicyclic) bond motifs is 2. The largest absolute Gasteiger partial charge is 0.457 e. The van der Waals surface area contributed by atoms with E-state index >= 15 is 0 Å². The van der Waals surface area contributed by atoms with Crippen LogP contribution in [0.2, 0.25) is 0 Å². The molecule has 0 N–H and O–H groups in total. The van der Waals surface area contributed by atoms with Crippen LogP contribution in [0.15, 0.2) is 43.0 Å². The number of carbonyl (C=O) groups is 1. The van der Waals surface area contributed by atoms with Gasteiger partial charge in [-0.3, -0.25) is 4.79 Å². The fourth-order valence-corrected chi connectivity index (χ4v) is 5.16. The van der Waals surface area contributed by atoms with Crippen LogP contribution in [-0.4, -0.2) is 61.6 Å². The highest BCUT2D eigenvalue weighted by Gasteiger charge is 2.65. The Kier molecular flexibility index (Phi) is 7.87. The van der Waals surface area contributed by atoms with Crippen LogP contribution in [-0.2, 0) is 39.8 Å². The van der Waals surface area contributed by atoms with Crippen LogP contribution in [0.4, 0.5) is 0 Å². The van der Waals surface area contributed by atoms with Crippen LogP contribution in [0, 0.1) is 13.3 Å². The number of esters is 1. The van der Waals surface area contributed by atoms with E-state index in [0.29, 0.717) is 25.9 Å². The molecule has 8 atom stereocenters. The van der Waals surface area contributed by atoms with Crippen molar-refractivity contribution in [2.75, 3.05) is 7.11 Å². The van der Waals surface area contributed by atoms with E-state index in [-0.39, 0.29) is 18.3 Å². The normalized spacial score (nSPS) is 37.7. The number of ether oxygens (including phenoxy) is 6. The van der Waals surface area contributed by atoms with Gasteiger partial charge >= 0.3 is 5.97 Å². The van der Waals surface area contributed by atoms with Gasteiger partial charge in [-0.05, 0) is 38.2 Å².